The predicted octanol–water partition coefficient (Wildman–Crippen LogP) is 2.50. The van der Waals surface area contributed by atoms with Gasteiger partial charge in [0.25, 0.3) is 0 Å². The van der Waals surface area contributed by atoms with Gasteiger partial charge >= 0.3 is 0 Å². The molecule has 1 atom stereocenters. The van der Waals surface area contributed by atoms with Crippen molar-refractivity contribution in [3.63, 3.8) is 0 Å². The average Bonchev–Trinajstić information content (AvgIpc) is 1.87. The molecular formula is C9H18O. The second-order valence-electron chi connectivity index (χ2n) is 2.66. The largest absolute Gasteiger partial charge is 0.389 e. The van der Waals surface area contributed by atoms with Crippen LogP contribution in [0.4, 0.5) is 0 Å². The van der Waals surface area contributed by atoms with Crippen LogP contribution in [-0.4, -0.2) is 11.2 Å². The van der Waals surface area contributed by atoms with Crippen LogP contribution in [0, 0.1) is 0 Å². The van der Waals surface area contributed by atoms with Crippen molar-refractivity contribution < 1.29 is 5.11 Å². The summed E-state index contributed by atoms with van der Waals surface area (Å²) in [5, 5.41) is 8.82. The Morgan fingerprint density at radius 1 is 1.40 bits per heavy atom. The molecule has 0 amide bonds. The zero-order chi connectivity index (χ0) is 7.82. The van der Waals surface area contributed by atoms with Crippen molar-refractivity contribution in [1.29, 1.82) is 0 Å². The van der Waals surface area contributed by atoms with E-state index in [1.807, 2.05) is 6.08 Å². The Labute approximate surface area is 63.8 Å². The summed E-state index contributed by atoms with van der Waals surface area (Å²) < 4.78 is 0. The molecule has 0 aliphatic heterocycles. The van der Waals surface area contributed by atoms with Crippen LogP contribution in [0.2, 0.25) is 0 Å². The van der Waals surface area contributed by atoms with Crippen LogP contribution >= 0.6 is 0 Å². The Bertz CT molecular complexity index is 84.7. The van der Waals surface area contributed by atoms with Gasteiger partial charge in [0.1, 0.15) is 0 Å². The summed E-state index contributed by atoms with van der Waals surface area (Å²) >= 11 is 0. The van der Waals surface area contributed by atoms with Gasteiger partial charge in [-0.1, -0.05) is 31.9 Å². The van der Waals surface area contributed by atoms with E-state index in [4.69, 9.17) is 5.11 Å². The fourth-order valence-electron chi connectivity index (χ4n) is 0.805. The number of hydrogen-bond donors (Lipinski definition) is 1. The van der Waals surface area contributed by atoms with Crippen LogP contribution in [0.5, 0.6) is 0 Å². The molecule has 10 heavy (non-hydrogen) atoms. The number of unbranched alkanes of at least 4 members (excludes halogenated alkanes) is 3. The van der Waals surface area contributed by atoms with Gasteiger partial charge in [-0.2, -0.15) is 0 Å². The van der Waals surface area contributed by atoms with Gasteiger partial charge in [0.15, 0.2) is 0 Å². The fraction of sp³-hybridized carbons (Fsp3) is 0.778. The molecule has 0 spiro atoms. The quantitative estimate of drug-likeness (QED) is 0.462. The van der Waals surface area contributed by atoms with E-state index in [0.717, 1.165) is 6.42 Å². The zero-order valence-electron chi connectivity index (χ0n) is 7.01. The number of hydrogen-bond acceptors (Lipinski definition) is 1. The zero-order valence-corrected chi connectivity index (χ0v) is 7.01. The van der Waals surface area contributed by atoms with E-state index in [1.54, 1.807) is 6.92 Å². The second-order valence-corrected chi connectivity index (χ2v) is 2.66. The highest BCUT2D eigenvalue weighted by Gasteiger charge is 1.84. The molecule has 0 bridgehead atoms. The molecule has 0 aromatic carbocycles. The van der Waals surface area contributed by atoms with Crippen molar-refractivity contribution in [3.8, 4) is 0 Å². The van der Waals surface area contributed by atoms with Crippen LogP contribution in [0.1, 0.15) is 39.5 Å². The van der Waals surface area contributed by atoms with Crippen molar-refractivity contribution >= 4 is 0 Å². The Hall–Kier alpha value is -0.300. The van der Waals surface area contributed by atoms with E-state index in [1.165, 1.54) is 19.3 Å². The lowest BCUT2D eigenvalue weighted by atomic mass is 10.2. The molecule has 1 N–H and O–H groups in total. The molecule has 0 saturated heterocycles. The molecule has 1 nitrogen and oxygen atoms in total. The number of rotatable bonds is 5. The second kappa shape index (κ2) is 6.81. The Kier molecular flexibility index (Phi) is 6.61. The maximum Gasteiger partial charge on any atom is 0.0692 e. The van der Waals surface area contributed by atoms with Gasteiger partial charge < -0.3 is 5.11 Å². The molecule has 0 aromatic heterocycles. The minimum Gasteiger partial charge on any atom is -0.389 e. The van der Waals surface area contributed by atoms with Gasteiger partial charge in [0, 0.05) is 0 Å². The molecule has 60 valence electrons. The highest BCUT2D eigenvalue weighted by Crippen LogP contribution is 1.99. The molecule has 0 radical (unpaired) electrons. The first kappa shape index (κ1) is 9.70. The van der Waals surface area contributed by atoms with Gasteiger partial charge in [-0.15, -0.1) is 0 Å². The molecule has 0 aliphatic carbocycles. The lowest BCUT2D eigenvalue weighted by molar-refractivity contribution is 0.244. The molecule has 1 heteroatoms. The number of aliphatic hydroxyl groups excluding tert-OH is 1. The van der Waals surface area contributed by atoms with E-state index in [-0.39, 0.29) is 6.10 Å². The summed E-state index contributed by atoms with van der Waals surface area (Å²) in [6, 6.07) is 0. The summed E-state index contributed by atoms with van der Waals surface area (Å²) in [7, 11) is 0. The van der Waals surface area contributed by atoms with Crippen LogP contribution in [0.3, 0.4) is 0 Å². The summed E-state index contributed by atoms with van der Waals surface area (Å²) in [5.74, 6) is 0. The molecule has 0 aromatic rings. The van der Waals surface area contributed by atoms with Crippen LogP contribution in [-0.2, 0) is 0 Å². The van der Waals surface area contributed by atoms with Gasteiger partial charge in [0.2, 0.25) is 0 Å². The van der Waals surface area contributed by atoms with Crippen molar-refractivity contribution in [2.75, 3.05) is 0 Å². The fourth-order valence-corrected chi connectivity index (χ4v) is 0.805. The predicted molar refractivity (Wildman–Crippen MR) is 45.0 cm³/mol. The Morgan fingerprint density at radius 2 is 2.10 bits per heavy atom. The van der Waals surface area contributed by atoms with Crippen LogP contribution in [0.15, 0.2) is 12.2 Å². The van der Waals surface area contributed by atoms with E-state index < -0.39 is 0 Å². The van der Waals surface area contributed by atoms with Crippen LogP contribution < -0.4 is 0 Å². The van der Waals surface area contributed by atoms with Gasteiger partial charge in [-0.25, -0.2) is 0 Å². The molecule has 0 aliphatic rings. The first-order valence-corrected chi connectivity index (χ1v) is 4.12. The van der Waals surface area contributed by atoms with E-state index in [9.17, 15) is 0 Å². The topological polar surface area (TPSA) is 20.2 Å². The minimum atomic E-state index is -0.276. The monoisotopic (exact) mass is 142 g/mol. The molecular weight excluding hydrogens is 124 g/mol. The standard InChI is InChI=1S/C9H18O/c1-3-4-5-6-7-8-9(2)10/h7-10H,3-6H2,1-2H3/b8-7+/t9-/m1/s1. The SMILES string of the molecule is CCCCC/C=C/[C@@H](C)O. The Morgan fingerprint density at radius 3 is 2.60 bits per heavy atom. The third kappa shape index (κ3) is 7.70. The van der Waals surface area contributed by atoms with E-state index >= 15 is 0 Å². The first-order valence-electron chi connectivity index (χ1n) is 4.12. The lowest BCUT2D eigenvalue weighted by Gasteiger charge is -1.93. The molecule has 0 heterocycles. The van der Waals surface area contributed by atoms with Crippen molar-refractivity contribution in [2.24, 2.45) is 0 Å². The Balaban J connectivity index is 3.02. The molecule has 0 fully saturated rings. The summed E-state index contributed by atoms with van der Waals surface area (Å²) in [5.41, 5.74) is 0. The summed E-state index contributed by atoms with van der Waals surface area (Å²) in [4.78, 5) is 0. The normalized spacial score (nSPS) is 14.3. The lowest BCUT2D eigenvalue weighted by Crippen LogP contribution is -1.91. The van der Waals surface area contributed by atoms with Crippen molar-refractivity contribution in [3.05, 3.63) is 12.2 Å². The summed E-state index contributed by atoms with van der Waals surface area (Å²) in [6.45, 7) is 3.97. The highest BCUT2D eigenvalue weighted by atomic mass is 16.3. The summed E-state index contributed by atoms with van der Waals surface area (Å²) in [6.07, 6.45) is 8.54. The van der Waals surface area contributed by atoms with Crippen molar-refractivity contribution in [1.82, 2.24) is 0 Å². The molecule has 0 saturated carbocycles. The van der Waals surface area contributed by atoms with Gasteiger partial charge in [-0.05, 0) is 19.8 Å². The van der Waals surface area contributed by atoms with Gasteiger partial charge in [0.05, 0.1) is 6.10 Å². The minimum absolute atomic E-state index is 0.276. The first-order chi connectivity index (χ1) is 4.77. The molecule has 0 unspecified atom stereocenters. The highest BCUT2D eigenvalue weighted by molar-refractivity contribution is 4.85. The smallest absolute Gasteiger partial charge is 0.0692 e. The molecule has 0 rings (SSSR count). The van der Waals surface area contributed by atoms with Crippen LogP contribution in [0.25, 0.3) is 0 Å². The number of aliphatic hydroxyl groups is 1. The van der Waals surface area contributed by atoms with Crippen molar-refractivity contribution in [2.45, 2.75) is 45.6 Å². The maximum absolute atomic E-state index is 8.82. The van der Waals surface area contributed by atoms with E-state index in [2.05, 4.69) is 13.0 Å². The maximum atomic E-state index is 8.82. The van der Waals surface area contributed by atoms with Gasteiger partial charge in [-0.3, -0.25) is 0 Å². The number of allylic oxidation sites excluding steroid dienone is 1. The third-order valence-electron chi connectivity index (χ3n) is 1.39. The third-order valence-corrected chi connectivity index (χ3v) is 1.39. The van der Waals surface area contributed by atoms with E-state index in [0.29, 0.717) is 0 Å². The average molecular weight is 142 g/mol.